The lowest BCUT2D eigenvalue weighted by atomic mass is 10.1. The maximum Gasteiger partial charge on any atom is 0.347 e. The van der Waals surface area contributed by atoms with Gasteiger partial charge >= 0.3 is 5.97 Å². The lowest BCUT2D eigenvalue weighted by Gasteiger charge is -2.17. The van der Waals surface area contributed by atoms with Crippen molar-refractivity contribution in [2.75, 3.05) is 7.11 Å². The second kappa shape index (κ2) is 9.31. The number of rotatable bonds is 8. The topological polar surface area (TPSA) is 53.4 Å². The summed E-state index contributed by atoms with van der Waals surface area (Å²) < 4.78 is 26.4. The Morgan fingerprint density at radius 1 is 1.19 bits per heavy atom. The molecule has 0 bridgehead atoms. The molecule has 2 aromatic carbocycles. The average molecular weight is 439 g/mol. The van der Waals surface area contributed by atoms with Crippen LogP contribution in [0, 0.1) is 5.82 Å². The van der Waals surface area contributed by atoms with E-state index in [0.717, 1.165) is 41.0 Å². The largest absolute Gasteiger partial charge is 0.479 e. The van der Waals surface area contributed by atoms with Crippen molar-refractivity contribution < 1.29 is 18.7 Å². The van der Waals surface area contributed by atoms with E-state index in [4.69, 9.17) is 14.5 Å². The maximum atomic E-state index is 13.5. The molecule has 1 unspecified atom stereocenters. The van der Waals surface area contributed by atoms with E-state index in [2.05, 4.69) is 6.92 Å². The third-order valence-corrected chi connectivity index (χ3v) is 5.74. The summed E-state index contributed by atoms with van der Waals surface area (Å²) in [7, 11) is 1.37. The Morgan fingerprint density at radius 3 is 2.68 bits per heavy atom. The number of esters is 1. The van der Waals surface area contributed by atoms with Gasteiger partial charge in [-0.05, 0) is 60.7 Å². The average Bonchev–Trinajstić information content (AvgIpc) is 3.44. The summed E-state index contributed by atoms with van der Waals surface area (Å²) in [6.07, 6.45) is 1.73. The number of fused-ring (bicyclic) bond motifs is 1. The van der Waals surface area contributed by atoms with Crippen molar-refractivity contribution in [3.8, 4) is 22.8 Å². The van der Waals surface area contributed by atoms with E-state index in [1.54, 1.807) is 23.5 Å². The standard InChI is InChI=1S/C24H23FN2O3S/c1-3-4-5-22(24(28)29-2)30-19-10-11-20-21(14-19)27(18-8-6-17(25)7-9-18)23(26-20)16-12-13-31-15-16/h6-15,22H,3-5H2,1-2H3. The number of carbonyl (C=O) groups excluding carboxylic acids is 1. The highest BCUT2D eigenvalue weighted by molar-refractivity contribution is 7.08. The number of methoxy groups -OCH3 is 1. The van der Waals surface area contributed by atoms with Gasteiger partial charge in [-0.2, -0.15) is 11.3 Å². The molecule has 1 atom stereocenters. The zero-order valence-corrected chi connectivity index (χ0v) is 18.2. The van der Waals surface area contributed by atoms with Gasteiger partial charge < -0.3 is 9.47 Å². The Balaban J connectivity index is 1.80. The fraction of sp³-hybridized carbons (Fsp3) is 0.250. The minimum Gasteiger partial charge on any atom is -0.479 e. The van der Waals surface area contributed by atoms with E-state index >= 15 is 0 Å². The van der Waals surface area contributed by atoms with E-state index < -0.39 is 6.10 Å². The van der Waals surface area contributed by atoms with Crippen LogP contribution in [0.5, 0.6) is 5.75 Å². The number of imidazole rings is 1. The van der Waals surface area contributed by atoms with Crippen LogP contribution in [0.4, 0.5) is 4.39 Å². The Hall–Kier alpha value is -3.19. The zero-order chi connectivity index (χ0) is 21.8. The number of carbonyl (C=O) groups is 1. The number of hydrogen-bond donors (Lipinski definition) is 0. The smallest absolute Gasteiger partial charge is 0.347 e. The Bertz CT molecular complexity index is 1170. The first kappa shape index (κ1) is 21.1. The minimum absolute atomic E-state index is 0.300. The Labute approximate surface area is 184 Å². The number of hydrogen-bond acceptors (Lipinski definition) is 5. The van der Waals surface area contributed by atoms with E-state index in [1.165, 1.54) is 19.2 Å². The van der Waals surface area contributed by atoms with Crippen LogP contribution in [-0.4, -0.2) is 28.7 Å². The SMILES string of the molecule is CCCCC(Oc1ccc2nc(-c3ccsc3)n(-c3ccc(F)cc3)c2c1)C(=O)OC. The van der Waals surface area contributed by atoms with Gasteiger partial charge in [0, 0.05) is 22.7 Å². The Kier molecular flexibility index (Phi) is 6.32. The molecule has 0 aliphatic rings. The van der Waals surface area contributed by atoms with Gasteiger partial charge in [0.2, 0.25) is 0 Å². The molecule has 0 amide bonds. The molecule has 0 aliphatic heterocycles. The first-order chi connectivity index (χ1) is 15.1. The van der Waals surface area contributed by atoms with Crippen LogP contribution in [0.25, 0.3) is 28.1 Å². The van der Waals surface area contributed by atoms with Crippen molar-refractivity contribution in [2.24, 2.45) is 0 Å². The number of nitrogens with zero attached hydrogens (tertiary/aromatic N) is 2. The molecule has 0 saturated heterocycles. The van der Waals surface area contributed by atoms with Crippen molar-refractivity contribution in [3.63, 3.8) is 0 Å². The number of aromatic nitrogens is 2. The molecule has 31 heavy (non-hydrogen) atoms. The summed E-state index contributed by atoms with van der Waals surface area (Å²) in [6, 6.07) is 13.8. The highest BCUT2D eigenvalue weighted by atomic mass is 32.1. The van der Waals surface area contributed by atoms with Crippen LogP contribution in [0.2, 0.25) is 0 Å². The predicted molar refractivity (Wildman–Crippen MR) is 120 cm³/mol. The summed E-state index contributed by atoms with van der Waals surface area (Å²) in [5.74, 6) is 0.625. The van der Waals surface area contributed by atoms with Crippen LogP contribution in [0.3, 0.4) is 0 Å². The second-order valence-corrected chi connectivity index (χ2v) is 7.96. The minimum atomic E-state index is -0.666. The molecule has 0 saturated carbocycles. The summed E-state index contributed by atoms with van der Waals surface area (Å²) in [5.41, 5.74) is 3.35. The molecular weight excluding hydrogens is 415 g/mol. The van der Waals surface area contributed by atoms with Crippen LogP contribution < -0.4 is 4.74 Å². The summed E-state index contributed by atoms with van der Waals surface area (Å²) >= 11 is 1.59. The third kappa shape index (κ3) is 4.46. The summed E-state index contributed by atoms with van der Waals surface area (Å²) in [6.45, 7) is 2.06. The third-order valence-electron chi connectivity index (χ3n) is 5.05. The highest BCUT2D eigenvalue weighted by Crippen LogP contribution is 2.32. The molecule has 5 nitrogen and oxygen atoms in total. The van der Waals surface area contributed by atoms with Crippen LogP contribution in [0.1, 0.15) is 26.2 Å². The summed E-state index contributed by atoms with van der Waals surface area (Å²) in [4.78, 5) is 17.0. The lowest BCUT2D eigenvalue weighted by molar-refractivity contribution is -0.149. The molecule has 0 fully saturated rings. The van der Waals surface area contributed by atoms with Crippen molar-refractivity contribution in [1.82, 2.24) is 9.55 Å². The quantitative estimate of drug-likeness (QED) is 0.317. The van der Waals surface area contributed by atoms with Gasteiger partial charge in [0.05, 0.1) is 18.1 Å². The van der Waals surface area contributed by atoms with E-state index in [-0.39, 0.29) is 11.8 Å². The van der Waals surface area contributed by atoms with Crippen molar-refractivity contribution in [2.45, 2.75) is 32.3 Å². The van der Waals surface area contributed by atoms with E-state index in [1.807, 2.05) is 39.6 Å². The molecule has 4 aromatic rings. The molecule has 2 heterocycles. The number of unbranched alkanes of at least 4 members (excludes halogenated alkanes) is 1. The fourth-order valence-electron chi connectivity index (χ4n) is 3.48. The van der Waals surface area contributed by atoms with E-state index in [9.17, 15) is 9.18 Å². The van der Waals surface area contributed by atoms with Crippen LogP contribution >= 0.6 is 11.3 Å². The molecule has 0 aliphatic carbocycles. The van der Waals surface area contributed by atoms with Gasteiger partial charge in [0.25, 0.3) is 0 Å². The highest BCUT2D eigenvalue weighted by Gasteiger charge is 2.22. The maximum absolute atomic E-state index is 13.5. The molecule has 0 radical (unpaired) electrons. The number of ether oxygens (including phenoxy) is 2. The van der Waals surface area contributed by atoms with Gasteiger partial charge in [-0.3, -0.25) is 4.57 Å². The van der Waals surface area contributed by atoms with Crippen molar-refractivity contribution >= 4 is 28.3 Å². The van der Waals surface area contributed by atoms with Crippen molar-refractivity contribution in [1.29, 1.82) is 0 Å². The van der Waals surface area contributed by atoms with Gasteiger partial charge in [0.1, 0.15) is 17.4 Å². The van der Waals surface area contributed by atoms with Crippen LogP contribution in [0.15, 0.2) is 59.3 Å². The molecule has 160 valence electrons. The number of benzene rings is 2. The van der Waals surface area contributed by atoms with Crippen LogP contribution in [-0.2, 0) is 9.53 Å². The van der Waals surface area contributed by atoms with Gasteiger partial charge in [-0.15, -0.1) is 0 Å². The molecule has 2 aromatic heterocycles. The van der Waals surface area contributed by atoms with E-state index in [0.29, 0.717) is 12.2 Å². The number of halogens is 1. The Morgan fingerprint density at radius 2 is 2.00 bits per heavy atom. The fourth-order valence-corrected chi connectivity index (χ4v) is 4.11. The lowest BCUT2D eigenvalue weighted by Crippen LogP contribution is -2.28. The molecule has 7 heteroatoms. The molecule has 4 rings (SSSR count). The van der Waals surface area contributed by atoms with Gasteiger partial charge in [-0.25, -0.2) is 14.2 Å². The second-order valence-electron chi connectivity index (χ2n) is 7.18. The molecule has 0 spiro atoms. The zero-order valence-electron chi connectivity index (χ0n) is 17.4. The normalized spacial score (nSPS) is 12.1. The van der Waals surface area contributed by atoms with Crippen molar-refractivity contribution in [3.05, 3.63) is 65.1 Å². The van der Waals surface area contributed by atoms with Gasteiger partial charge in [-0.1, -0.05) is 13.3 Å². The first-order valence-corrected chi connectivity index (χ1v) is 11.1. The number of thiophene rings is 1. The van der Waals surface area contributed by atoms with Gasteiger partial charge in [0.15, 0.2) is 6.10 Å². The predicted octanol–water partition coefficient (Wildman–Crippen LogP) is 6.00. The molecule has 0 N–H and O–H groups in total. The monoisotopic (exact) mass is 438 g/mol. The summed E-state index contributed by atoms with van der Waals surface area (Å²) in [5, 5.41) is 4.02. The first-order valence-electron chi connectivity index (χ1n) is 10.2. The molecular formula is C24H23FN2O3S.